The van der Waals surface area contributed by atoms with Crippen LogP contribution in [0.25, 0.3) is 11.0 Å². The summed E-state index contributed by atoms with van der Waals surface area (Å²) >= 11 is 0. The van der Waals surface area contributed by atoms with Crippen LogP contribution in [0.4, 0.5) is 11.4 Å². The lowest BCUT2D eigenvalue weighted by atomic mass is 10.2. The smallest absolute Gasteiger partial charge is 0.293 e. The van der Waals surface area contributed by atoms with Crippen LogP contribution in [-0.4, -0.2) is 19.4 Å². The van der Waals surface area contributed by atoms with Crippen molar-refractivity contribution in [2.75, 3.05) is 5.32 Å². The standard InChI is InChI=1S/C19H21N3O5S/c1-12(2)21-28(25,26)15-8-9-16(17(11-15)22(23)24)20-13(3)19-10-14-6-4-5-7-18(14)27-19/h4-13,20-21H,1-3H3/t13-/m1/s1. The number of hydrogen-bond acceptors (Lipinski definition) is 6. The normalized spacial score (nSPS) is 13.0. The molecule has 1 atom stereocenters. The summed E-state index contributed by atoms with van der Waals surface area (Å²) in [7, 11) is -3.83. The Kier molecular flexibility index (Phi) is 5.39. The summed E-state index contributed by atoms with van der Waals surface area (Å²) in [4.78, 5) is 10.7. The van der Waals surface area contributed by atoms with Gasteiger partial charge in [-0.1, -0.05) is 18.2 Å². The van der Waals surface area contributed by atoms with Crippen molar-refractivity contribution in [3.63, 3.8) is 0 Å². The molecular formula is C19H21N3O5S. The van der Waals surface area contributed by atoms with Crippen molar-refractivity contribution in [1.82, 2.24) is 4.72 Å². The molecule has 0 aliphatic heterocycles. The van der Waals surface area contributed by atoms with Crippen molar-refractivity contribution >= 4 is 32.4 Å². The van der Waals surface area contributed by atoms with Crippen LogP contribution in [0.2, 0.25) is 0 Å². The number of sulfonamides is 1. The first kappa shape index (κ1) is 19.8. The van der Waals surface area contributed by atoms with Gasteiger partial charge in [-0.05, 0) is 45.0 Å². The molecule has 8 nitrogen and oxygen atoms in total. The van der Waals surface area contributed by atoms with Crippen molar-refractivity contribution in [2.24, 2.45) is 0 Å². The Morgan fingerprint density at radius 2 is 1.79 bits per heavy atom. The molecule has 1 heterocycles. The number of rotatable bonds is 7. The lowest BCUT2D eigenvalue weighted by Crippen LogP contribution is -2.30. The minimum atomic E-state index is -3.83. The number of nitrogens with zero attached hydrogens (tertiary/aromatic N) is 1. The minimum absolute atomic E-state index is 0.158. The summed E-state index contributed by atoms with van der Waals surface area (Å²) in [5.74, 6) is 0.619. The predicted molar refractivity (Wildman–Crippen MR) is 107 cm³/mol. The molecule has 2 aromatic carbocycles. The summed E-state index contributed by atoms with van der Waals surface area (Å²) in [5.41, 5.74) is 0.609. The maximum atomic E-state index is 12.3. The number of benzene rings is 2. The molecule has 0 saturated heterocycles. The Bertz CT molecular complexity index is 1090. The average Bonchev–Trinajstić information content (AvgIpc) is 3.05. The van der Waals surface area contributed by atoms with Crippen LogP contribution >= 0.6 is 0 Å². The van der Waals surface area contributed by atoms with Gasteiger partial charge in [0.25, 0.3) is 5.69 Å². The highest BCUT2D eigenvalue weighted by molar-refractivity contribution is 7.89. The molecule has 0 fully saturated rings. The molecule has 0 radical (unpaired) electrons. The molecule has 0 saturated carbocycles. The lowest BCUT2D eigenvalue weighted by molar-refractivity contribution is -0.384. The van der Waals surface area contributed by atoms with E-state index in [0.717, 1.165) is 17.0 Å². The number of anilines is 1. The number of nitrogens with one attached hydrogen (secondary N) is 2. The van der Waals surface area contributed by atoms with Crippen molar-refractivity contribution in [3.05, 3.63) is 64.4 Å². The van der Waals surface area contributed by atoms with Crippen molar-refractivity contribution < 1.29 is 17.8 Å². The Balaban J connectivity index is 1.91. The van der Waals surface area contributed by atoms with Gasteiger partial charge in [0.1, 0.15) is 17.0 Å². The third kappa shape index (κ3) is 4.15. The summed E-state index contributed by atoms with van der Waals surface area (Å²) in [6.45, 7) is 5.17. The van der Waals surface area contributed by atoms with Gasteiger partial charge in [-0.3, -0.25) is 10.1 Å². The van der Waals surface area contributed by atoms with Crippen LogP contribution in [0.3, 0.4) is 0 Å². The topological polar surface area (TPSA) is 114 Å². The third-order valence-corrected chi connectivity index (χ3v) is 5.77. The summed E-state index contributed by atoms with van der Waals surface area (Å²) in [5, 5.41) is 15.5. The molecule has 3 rings (SSSR count). The third-order valence-electron chi connectivity index (χ3n) is 4.11. The van der Waals surface area contributed by atoms with E-state index < -0.39 is 14.9 Å². The zero-order valence-electron chi connectivity index (χ0n) is 15.7. The van der Waals surface area contributed by atoms with E-state index in [9.17, 15) is 18.5 Å². The first-order valence-corrected chi connectivity index (χ1v) is 10.2. The molecule has 0 aliphatic rings. The van der Waals surface area contributed by atoms with E-state index in [0.29, 0.717) is 5.76 Å². The molecule has 148 valence electrons. The molecule has 0 spiro atoms. The molecule has 2 N–H and O–H groups in total. The summed E-state index contributed by atoms with van der Waals surface area (Å²) < 4.78 is 32.8. The second-order valence-electron chi connectivity index (χ2n) is 6.76. The first-order valence-electron chi connectivity index (χ1n) is 8.73. The highest BCUT2D eigenvalue weighted by Gasteiger charge is 2.23. The molecule has 0 aliphatic carbocycles. The molecule has 0 unspecified atom stereocenters. The van der Waals surface area contributed by atoms with E-state index in [1.165, 1.54) is 12.1 Å². The lowest BCUT2D eigenvalue weighted by Gasteiger charge is -2.14. The molecule has 9 heteroatoms. The Hall–Kier alpha value is -2.91. The van der Waals surface area contributed by atoms with Gasteiger partial charge in [0.15, 0.2) is 0 Å². The quantitative estimate of drug-likeness (QED) is 0.451. The fourth-order valence-corrected chi connectivity index (χ4v) is 4.12. The van der Waals surface area contributed by atoms with Crippen molar-refractivity contribution in [2.45, 2.75) is 37.8 Å². The van der Waals surface area contributed by atoms with E-state index in [1.807, 2.05) is 37.3 Å². The van der Waals surface area contributed by atoms with Crippen LogP contribution in [0, 0.1) is 10.1 Å². The molecular weight excluding hydrogens is 382 g/mol. The Morgan fingerprint density at radius 1 is 1.07 bits per heavy atom. The largest absolute Gasteiger partial charge is 0.459 e. The first-order chi connectivity index (χ1) is 13.2. The monoisotopic (exact) mass is 403 g/mol. The fourth-order valence-electron chi connectivity index (χ4n) is 2.85. The maximum absolute atomic E-state index is 12.3. The van der Waals surface area contributed by atoms with Crippen molar-refractivity contribution in [3.8, 4) is 0 Å². The number of fused-ring (bicyclic) bond motifs is 1. The second-order valence-corrected chi connectivity index (χ2v) is 8.48. The van der Waals surface area contributed by atoms with Gasteiger partial charge in [-0.15, -0.1) is 0 Å². The number of nitro groups is 1. The SMILES string of the molecule is CC(C)NS(=O)(=O)c1ccc(N[C@H](C)c2cc3ccccc3o2)c([N+](=O)[O-])c1. The van der Waals surface area contributed by atoms with Gasteiger partial charge >= 0.3 is 0 Å². The molecule has 3 aromatic rings. The number of nitro benzene ring substituents is 1. The van der Waals surface area contributed by atoms with E-state index in [2.05, 4.69) is 10.0 Å². The molecule has 1 aromatic heterocycles. The van der Waals surface area contributed by atoms with Gasteiger partial charge < -0.3 is 9.73 Å². The van der Waals surface area contributed by atoms with Crippen LogP contribution in [0.1, 0.15) is 32.6 Å². The summed E-state index contributed by atoms with van der Waals surface area (Å²) in [6.07, 6.45) is 0. The Morgan fingerprint density at radius 3 is 2.43 bits per heavy atom. The van der Waals surface area contributed by atoms with Gasteiger partial charge in [0.2, 0.25) is 10.0 Å². The maximum Gasteiger partial charge on any atom is 0.293 e. The Labute approximate surface area is 162 Å². The van der Waals surface area contributed by atoms with Crippen molar-refractivity contribution in [1.29, 1.82) is 0 Å². The van der Waals surface area contributed by atoms with Gasteiger partial charge in [-0.25, -0.2) is 13.1 Å². The number of hydrogen-bond donors (Lipinski definition) is 2. The van der Waals surface area contributed by atoms with Gasteiger partial charge in [0, 0.05) is 17.5 Å². The number of para-hydroxylation sites is 1. The molecule has 28 heavy (non-hydrogen) atoms. The van der Waals surface area contributed by atoms with E-state index in [4.69, 9.17) is 4.42 Å². The van der Waals surface area contributed by atoms with E-state index in [1.54, 1.807) is 13.8 Å². The minimum Gasteiger partial charge on any atom is -0.459 e. The van der Waals surface area contributed by atoms with Crippen LogP contribution in [-0.2, 0) is 10.0 Å². The van der Waals surface area contributed by atoms with E-state index in [-0.39, 0.29) is 28.4 Å². The van der Waals surface area contributed by atoms with E-state index >= 15 is 0 Å². The van der Waals surface area contributed by atoms with Gasteiger partial charge in [0.05, 0.1) is 15.9 Å². The highest BCUT2D eigenvalue weighted by atomic mass is 32.2. The zero-order chi connectivity index (χ0) is 20.5. The number of furan rings is 1. The molecule has 0 bridgehead atoms. The van der Waals surface area contributed by atoms with Crippen LogP contribution in [0.15, 0.2) is 57.8 Å². The zero-order valence-corrected chi connectivity index (χ0v) is 16.5. The van der Waals surface area contributed by atoms with Crippen LogP contribution in [0.5, 0.6) is 0 Å². The highest BCUT2D eigenvalue weighted by Crippen LogP contribution is 2.32. The fraction of sp³-hybridized carbons (Fsp3) is 0.263. The predicted octanol–water partition coefficient (Wildman–Crippen LogP) is 4.20. The average molecular weight is 403 g/mol. The van der Waals surface area contributed by atoms with Gasteiger partial charge in [-0.2, -0.15) is 0 Å². The van der Waals surface area contributed by atoms with Crippen LogP contribution < -0.4 is 10.0 Å². The molecule has 0 amide bonds. The summed E-state index contributed by atoms with van der Waals surface area (Å²) in [6, 6.07) is 12.5. The second kappa shape index (κ2) is 7.61.